The maximum atomic E-state index is 13.0. The molecule has 0 aromatic heterocycles. The van der Waals surface area contributed by atoms with E-state index in [0.717, 1.165) is 5.56 Å². The van der Waals surface area contributed by atoms with Gasteiger partial charge in [0, 0.05) is 10.6 Å². The SMILES string of the molecule is Nc1ccccc1CS(=O)c1cccc(F)c1. The van der Waals surface area contributed by atoms with E-state index in [9.17, 15) is 8.60 Å². The molecule has 0 heterocycles. The summed E-state index contributed by atoms with van der Waals surface area (Å²) in [5, 5.41) is 0. The summed E-state index contributed by atoms with van der Waals surface area (Å²) in [7, 11) is -1.27. The lowest BCUT2D eigenvalue weighted by atomic mass is 10.2. The maximum absolute atomic E-state index is 13.0. The van der Waals surface area contributed by atoms with Crippen LogP contribution in [0.25, 0.3) is 0 Å². The first kappa shape index (κ1) is 11.8. The predicted molar refractivity (Wildman–Crippen MR) is 67.4 cm³/mol. The number of halogens is 1. The molecule has 0 aliphatic heterocycles. The van der Waals surface area contributed by atoms with Crippen LogP contribution >= 0.6 is 0 Å². The average Bonchev–Trinajstić information content (AvgIpc) is 2.32. The van der Waals surface area contributed by atoms with Crippen molar-refractivity contribution in [2.45, 2.75) is 10.6 Å². The Balaban J connectivity index is 2.20. The fourth-order valence-electron chi connectivity index (χ4n) is 1.50. The van der Waals surface area contributed by atoms with Crippen molar-refractivity contribution in [1.29, 1.82) is 0 Å². The van der Waals surface area contributed by atoms with Gasteiger partial charge in [-0.25, -0.2) is 4.39 Å². The fraction of sp³-hybridized carbons (Fsp3) is 0.0769. The largest absolute Gasteiger partial charge is 0.398 e. The average molecular weight is 249 g/mol. The molecule has 17 heavy (non-hydrogen) atoms. The molecule has 0 bridgehead atoms. The van der Waals surface area contributed by atoms with Crippen molar-refractivity contribution in [2.75, 3.05) is 5.73 Å². The van der Waals surface area contributed by atoms with E-state index < -0.39 is 10.8 Å². The van der Waals surface area contributed by atoms with E-state index in [0.29, 0.717) is 16.3 Å². The Morgan fingerprint density at radius 1 is 1.12 bits per heavy atom. The third kappa shape index (κ3) is 2.91. The van der Waals surface area contributed by atoms with Gasteiger partial charge in [0.15, 0.2) is 0 Å². The van der Waals surface area contributed by atoms with Crippen LogP contribution in [0.2, 0.25) is 0 Å². The number of nitrogen functional groups attached to an aromatic ring is 1. The van der Waals surface area contributed by atoms with Gasteiger partial charge in [-0.2, -0.15) is 0 Å². The zero-order chi connectivity index (χ0) is 12.3. The summed E-state index contributed by atoms with van der Waals surface area (Å²) in [5.74, 6) is -0.0762. The van der Waals surface area contributed by atoms with Crippen molar-refractivity contribution in [1.82, 2.24) is 0 Å². The summed E-state index contributed by atoms with van der Waals surface area (Å²) in [5.41, 5.74) is 7.19. The second-order valence-corrected chi connectivity index (χ2v) is 5.10. The second kappa shape index (κ2) is 5.10. The van der Waals surface area contributed by atoms with Gasteiger partial charge in [0.05, 0.1) is 16.6 Å². The number of rotatable bonds is 3. The molecule has 2 aromatic rings. The van der Waals surface area contributed by atoms with Gasteiger partial charge in [0.25, 0.3) is 0 Å². The Bertz CT molecular complexity index is 557. The lowest BCUT2D eigenvalue weighted by Gasteiger charge is -2.05. The van der Waals surface area contributed by atoms with Crippen molar-refractivity contribution in [3.05, 3.63) is 59.9 Å². The van der Waals surface area contributed by atoms with Crippen LogP contribution in [0.1, 0.15) is 5.56 Å². The van der Waals surface area contributed by atoms with E-state index in [1.165, 1.54) is 12.1 Å². The molecule has 0 spiro atoms. The fourth-order valence-corrected chi connectivity index (χ4v) is 2.69. The Hall–Kier alpha value is -1.68. The minimum absolute atomic E-state index is 0.302. The van der Waals surface area contributed by atoms with Crippen LogP contribution in [-0.2, 0) is 16.6 Å². The highest BCUT2D eigenvalue weighted by Gasteiger charge is 2.07. The molecule has 0 fully saturated rings. The zero-order valence-corrected chi connectivity index (χ0v) is 9.91. The Kier molecular flexibility index (Phi) is 3.54. The highest BCUT2D eigenvalue weighted by Crippen LogP contribution is 2.17. The van der Waals surface area contributed by atoms with Crippen LogP contribution in [0.15, 0.2) is 53.4 Å². The highest BCUT2D eigenvalue weighted by atomic mass is 32.2. The first-order valence-electron chi connectivity index (χ1n) is 5.14. The van der Waals surface area contributed by atoms with Crippen LogP contribution in [0.3, 0.4) is 0 Å². The van der Waals surface area contributed by atoms with E-state index >= 15 is 0 Å². The molecule has 88 valence electrons. The Morgan fingerprint density at radius 3 is 2.59 bits per heavy atom. The third-order valence-electron chi connectivity index (χ3n) is 2.40. The van der Waals surface area contributed by atoms with Gasteiger partial charge in [0.2, 0.25) is 0 Å². The lowest BCUT2D eigenvalue weighted by Crippen LogP contribution is -2.00. The van der Waals surface area contributed by atoms with E-state index in [2.05, 4.69) is 0 Å². The monoisotopic (exact) mass is 249 g/mol. The molecule has 0 aliphatic rings. The van der Waals surface area contributed by atoms with E-state index in [-0.39, 0.29) is 5.82 Å². The van der Waals surface area contributed by atoms with Crippen molar-refractivity contribution in [3.8, 4) is 0 Å². The first-order chi connectivity index (χ1) is 8.16. The van der Waals surface area contributed by atoms with Gasteiger partial charge in [-0.3, -0.25) is 4.21 Å². The van der Waals surface area contributed by atoms with E-state index in [1.807, 2.05) is 18.2 Å². The van der Waals surface area contributed by atoms with Crippen LogP contribution in [0, 0.1) is 5.82 Å². The third-order valence-corrected chi connectivity index (χ3v) is 3.75. The van der Waals surface area contributed by atoms with Crippen LogP contribution < -0.4 is 5.73 Å². The molecule has 2 aromatic carbocycles. The van der Waals surface area contributed by atoms with Crippen molar-refractivity contribution in [3.63, 3.8) is 0 Å². The number of benzene rings is 2. The van der Waals surface area contributed by atoms with E-state index in [1.54, 1.807) is 18.2 Å². The summed E-state index contributed by atoms with van der Waals surface area (Å²) >= 11 is 0. The van der Waals surface area contributed by atoms with Gasteiger partial charge < -0.3 is 5.73 Å². The van der Waals surface area contributed by atoms with Gasteiger partial charge in [-0.15, -0.1) is 0 Å². The van der Waals surface area contributed by atoms with Gasteiger partial charge in [0.1, 0.15) is 5.82 Å². The van der Waals surface area contributed by atoms with Crippen LogP contribution in [-0.4, -0.2) is 4.21 Å². The molecule has 0 saturated heterocycles. The molecule has 2 rings (SSSR count). The molecule has 1 atom stereocenters. The highest BCUT2D eigenvalue weighted by molar-refractivity contribution is 7.84. The summed E-state index contributed by atoms with van der Waals surface area (Å²) in [4.78, 5) is 0.480. The number of nitrogens with two attached hydrogens (primary N) is 1. The Labute approximate surface area is 102 Å². The van der Waals surface area contributed by atoms with Crippen LogP contribution in [0.5, 0.6) is 0 Å². The normalized spacial score (nSPS) is 12.3. The van der Waals surface area contributed by atoms with Crippen LogP contribution in [0.4, 0.5) is 10.1 Å². The summed E-state index contributed by atoms with van der Waals surface area (Å²) in [6.45, 7) is 0. The minimum atomic E-state index is -1.27. The molecule has 0 aliphatic carbocycles. The summed E-state index contributed by atoms with van der Waals surface area (Å²) in [6.07, 6.45) is 0. The van der Waals surface area contributed by atoms with Gasteiger partial charge >= 0.3 is 0 Å². The molecular weight excluding hydrogens is 237 g/mol. The number of para-hydroxylation sites is 1. The van der Waals surface area contributed by atoms with Crippen molar-refractivity contribution in [2.24, 2.45) is 0 Å². The van der Waals surface area contributed by atoms with Gasteiger partial charge in [-0.1, -0.05) is 24.3 Å². The topological polar surface area (TPSA) is 43.1 Å². The molecule has 0 amide bonds. The smallest absolute Gasteiger partial charge is 0.124 e. The molecule has 2 nitrogen and oxygen atoms in total. The quantitative estimate of drug-likeness (QED) is 0.850. The maximum Gasteiger partial charge on any atom is 0.124 e. The van der Waals surface area contributed by atoms with Crippen molar-refractivity contribution < 1.29 is 8.60 Å². The minimum Gasteiger partial charge on any atom is -0.398 e. The molecule has 2 N–H and O–H groups in total. The number of anilines is 1. The summed E-state index contributed by atoms with van der Waals surface area (Å²) in [6, 6.07) is 13.1. The molecule has 0 radical (unpaired) electrons. The van der Waals surface area contributed by atoms with Gasteiger partial charge in [-0.05, 0) is 29.8 Å². The molecule has 0 saturated carbocycles. The van der Waals surface area contributed by atoms with Crippen molar-refractivity contribution >= 4 is 16.5 Å². The Morgan fingerprint density at radius 2 is 1.88 bits per heavy atom. The number of hydrogen-bond acceptors (Lipinski definition) is 2. The zero-order valence-electron chi connectivity index (χ0n) is 9.10. The number of hydrogen-bond donors (Lipinski definition) is 1. The standard InChI is InChI=1S/C13H12FNOS/c14-11-5-3-6-12(8-11)17(16)9-10-4-1-2-7-13(10)15/h1-8H,9,15H2. The summed E-state index contributed by atoms with van der Waals surface area (Å²) < 4.78 is 25.0. The predicted octanol–water partition coefficient (Wildman–Crippen LogP) is 2.72. The second-order valence-electron chi connectivity index (χ2n) is 3.65. The molecule has 4 heteroatoms. The van der Waals surface area contributed by atoms with E-state index in [4.69, 9.17) is 5.73 Å². The molecule has 1 unspecified atom stereocenters. The lowest BCUT2D eigenvalue weighted by molar-refractivity contribution is 0.622. The molecular formula is C13H12FNOS. The first-order valence-corrected chi connectivity index (χ1v) is 6.46.